The molecule has 0 bridgehead atoms. The Morgan fingerprint density at radius 3 is 2.62 bits per heavy atom. The van der Waals surface area contributed by atoms with Crippen LogP contribution in [-0.4, -0.2) is 23.9 Å². The van der Waals surface area contributed by atoms with E-state index < -0.39 is 0 Å². The van der Waals surface area contributed by atoms with Crippen molar-refractivity contribution in [1.82, 2.24) is 4.90 Å². The Bertz CT molecular complexity index is 422. The lowest BCUT2D eigenvalue weighted by atomic mass is 10.3. The summed E-state index contributed by atoms with van der Waals surface area (Å²) in [4.78, 5) is 6.44. The van der Waals surface area contributed by atoms with Crippen LogP contribution < -0.4 is 5.32 Å². The quantitative estimate of drug-likeness (QED) is 0.785. The van der Waals surface area contributed by atoms with Gasteiger partial charge in [0, 0.05) is 18.9 Å². The molecular formula is C12H14FN3. The van der Waals surface area contributed by atoms with Crippen molar-refractivity contribution >= 4 is 11.5 Å². The number of hydrogen-bond donors (Lipinski definition) is 1. The number of halogens is 1. The molecule has 0 saturated carbocycles. The van der Waals surface area contributed by atoms with Gasteiger partial charge in [0.25, 0.3) is 0 Å². The Kier molecular flexibility index (Phi) is 2.90. The van der Waals surface area contributed by atoms with Crippen LogP contribution in [0.4, 0.5) is 10.1 Å². The van der Waals surface area contributed by atoms with Crippen molar-refractivity contribution in [3.8, 4) is 0 Å². The molecule has 0 fully saturated rings. The highest BCUT2D eigenvalue weighted by atomic mass is 19.1. The molecule has 1 atom stereocenters. The molecule has 1 heterocycles. The average molecular weight is 219 g/mol. The van der Waals surface area contributed by atoms with Crippen LogP contribution in [0.3, 0.4) is 0 Å². The van der Waals surface area contributed by atoms with E-state index in [1.807, 2.05) is 31.1 Å². The highest BCUT2D eigenvalue weighted by Crippen LogP contribution is 2.11. The maximum atomic E-state index is 12.7. The van der Waals surface area contributed by atoms with Gasteiger partial charge in [-0.05, 0) is 37.3 Å². The molecule has 1 aromatic carbocycles. The molecule has 0 radical (unpaired) electrons. The van der Waals surface area contributed by atoms with Crippen LogP contribution in [-0.2, 0) is 0 Å². The van der Waals surface area contributed by atoms with Gasteiger partial charge in [-0.25, -0.2) is 9.38 Å². The topological polar surface area (TPSA) is 27.6 Å². The highest BCUT2D eigenvalue weighted by Gasteiger charge is 2.09. The minimum atomic E-state index is -0.236. The van der Waals surface area contributed by atoms with Crippen molar-refractivity contribution < 1.29 is 4.39 Å². The summed E-state index contributed by atoms with van der Waals surface area (Å²) >= 11 is 0. The predicted octanol–water partition coefficient (Wildman–Crippen LogP) is 2.44. The third-order valence-electron chi connectivity index (χ3n) is 2.50. The molecule has 16 heavy (non-hydrogen) atoms. The van der Waals surface area contributed by atoms with Crippen molar-refractivity contribution in [2.45, 2.75) is 13.1 Å². The first kappa shape index (κ1) is 10.7. The Morgan fingerprint density at radius 2 is 2.00 bits per heavy atom. The van der Waals surface area contributed by atoms with Gasteiger partial charge in [0.2, 0.25) is 0 Å². The van der Waals surface area contributed by atoms with Crippen molar-refractivity contribution in [2.75, 3.05) is 12.4 Å². The number of aliphatic imine (C=N–C) groups is 1. The second kappa shape index (κ2) is 4.35. The lowest BCUT2D eigenvalue weighted by Gasteiger charge is -2.24. The van der Waals surface area contributed by atoms with Gasteiger partial charge >= 0.3 is 0 Å². The fraction of sp³-hybridized carbons (Fsp3) is 0.250. The Balaban J connectivity index is 2.08. The Hall–Kier alpha value is -1.84. The van der Waals surface area contributed by atoms with Crippen LogP contribution in [0.5, 0.6) is 0 Å². The smallest absolute Gasteiger partial charge is 0.129 e. The van der Waals surface area contributed by atoms with Crippen LogP contribution in [0.25, 0.3) is 0 Å². The minimum absolute atomic E-state index is 0.118. The summed E-state index contributed by atoms with van der Waals surface area (Å²) in [5.41, 5.74) is 0.835. The molecule has 4 heteroatoms. The maximum absolute atomic E-state index is 12.7. The van der Waals surface area contributed by atoms with Gasteiger partial charge in [-0.3, -0.25) is 0 Å². The fourth-order valence-corrected chi connectivity index (χ4v) is 1.40. The van der Waals surface area contributed by atoms with E-state index in [0.29, 0.717) is 0 Å². The molecule has 1 unspecified atom stereocenters. The average Bonchev–Trinajstić information content (AvgIpc) is 2.27. The van der Waals surface area contributed by atoms with Gasteiger partial charge in [0.1, 0.15) is 17.8 Å². The van der Waals surface area contributed by atoms with Crippen LogP contribution in [0.2, 0.25) is 0 Å². The highest BCUT2D eigenvalue weighted by molar-refractivity contribution is 6.04. The van der Waals surface area contributed by atoms with Gasteiger partial charge in [0.15, 0.2) is 0 Å². The number of amidine groups is 1. The molecule has 0 saturated heterocycles. The van der Waals surface area contributed by atoms with E-state index >= 15 is 0 Å². The first-order chi connectivity index (χ1) is 7.65. The van der Waals surface area contributed by atoms with Crippen molar-refractivity contribution in [2.24, 2.45) is 4.99 Å². The monoisotopic (exact) mass is 219 g/mol. The third-order valence-corrected chi connectivity index (χ3v) is 2.50. The first-order valence-corrected chi connectivity index (χ1v) is 5.16. The van der Waals surface area contributed by atoms with Crippen LogP contribution >= 0.6 is 0 Å². The van der Waals surface area contributed by atoms with E-state index in [1.54, 1.807) is 12.1 Å². The molecule has 84 valence electrons. The lowest BCUT2D eigenvalue weighted by Crippen LogP contribution is -2.28. The largest absolute Gasteiger partial charge is 0.359 e. The van der Waals surface area contributed by atoms with Crippen molar-refractivity contribution in [1.29, 1.82) is 0 Å². The zero-order valence-corrected chi connectivity index (χ0v) is 9.31. The number of nitrogens with one attached hydrogen (secondary N) is 1. The Labute approximate surface area is 94.3 Å². The molecule has 0 aliphatic carbocycles. The first-order valence-electron chi connectivity index (χ1n) is 5.16. The van der Waals surface area contributed by atoms with Crippen LogP contribution in [0.15, 0.2) is 41.5 Å². The number of hydrogen-bond acceptors (Lipinski definition) is 3. The minimum Gasteiger partial charge on any atom is -0.359 e. The normalized spacial score (nSPS) is 19.6. The molecule has 2 rings (SSSR count). The van der Waals surface area contributed by atoms with Gasteiger partial charge < -0.3 is 10.2 Å². The van der Waals surface area contributed by atoms with Gasteiger partial charge in [0.05, 0.1) is 0 Å². The standard InChI is InChI=1S/C12H14FN3/c1-9-14-12(7-8-16(9)2)15-11-5-3-10(13)4-6-11/h3-9H,1-2H3,(H,14,15). The third kappa shape index (κ3) is 2.39. The molecule has 0 aromatic heterocycles. The second-order valence-electron chi connectivity index (χ2n) is 3.76. The molecule has 1 aliphatic heterocycles. The summed E-state index contributed by atoms with van der Waals surface area (Å²) in [6.45, 7) is 2.01. The van der Waals surface area contributed by atoms with Crippen molar-refractivity contribution in [3.63, 3.8) is 0 Å². The van der Waals surface area contributed by atoms with E-state index in [1.165, 1.54) is 12.1 Å². The SMILES string of the molecule is CC1N=C(Nc2ccc(F)cc2)C=CN1C. The van der Waals surface area contributed by atoms with E-state index in [2.05, 4.69) is 10.3 Å². The van der Waals surface area contributed by atoms with E-state index in [0.717, 1.165) is 11.5 Å². The number of anilines is 1. The molecular weight excluding hydrogens is 205 g/mol. The molecule has 3 nitrogen and oxygen atoms in total. The molecule has 1 N–H and O–H groups in total. The van der Waals surface area contributed by atoms with Crippen molar-refractivity contribution in [3.05, 3.63) is 42.4 Å². The zero-order chi connectivity index (χ0) is 11.5. The van der Waals surface area contributed by atoms with Gasteiger partial charge in [-0.15, -0.1) is 0 Å². The van der Waals surface area contributed by atoms with Crippen LogP contribution in [0.1, 0.15) is 6.92 Å². The zero-order valence-electron chi connectivity index (χ0n) is 9.31. The summed E-state index contributed by atoms with van der Waals surface area (Å²) < 4.78 is 12.7. The summed E-state index contributed by atoms with van der Waals surface area (Å²) in [6.07, 6.45) is 3.97. The van der Waals surface area contributed by atoms with Gasteiger partial charge in [-0.1, -0.05) is 0 Å². The molecule has 0 amide bonds. The van der Waals surface area contributed by atoms with E-state index in [4.69, 9.17) is 0 Å². The van der Waals surface area contributed by atoms with Gasteiger partial charge in [-0.2, -0.15) is 0 Å². The predicted molar refractivity (Wildman–Crippen MR) is 63.8 cm³/mol. The Morgan fingerprint density at radius 1 is 1.31 bits per heavy atom. The number of rotatable bonds is 1. The number of benzene rings is 1. The summed E-state index contributed by atoms with van der Waals surface area (Å²) in [5, 5.41) is 3.13. The summed E-state index contributed by atoms with van der Waals surface area (Å²) in [7, 11) is 1.97. The fourth-order valence-electron chi connectivity index (χ4n) is 1.40. The van der Waals surface area contributed by atoms with Crippen LogP contribution in [0, 0.1) is 5.82 Å². The summed E-state index contributed by atoms with van der Waals surface area (Å²) in [6, 6.07) is 6.22. The number of nitrogens with zero attached hydrogens (tertiary/aromatic N) is 2. The van der Waals surface area contributed by atoms with E-state index in [9.17, 15) is 4.39 Å². The second-order valence-corrected chi connectivity index (χ2v) is 3.76. The summed E-state index contributed by atoms with van der Waals surface area (Å²) in [5.74, 6) is 0.553. The molecule has 1 aromatic rings. The van der Waals surface area contributed by atoms with E-state index in [-0.39, 0.29) is 12.0 Å². The maximum Gasteiger partial charge on any atom is 0.129 e. The molecule has 1 aliphatic rings. The molecule has 0 spiro atoms. The lowest BCUT2D eigenvalue weighted by molar-refractivity contribution is 0.359.